The van der Waals surface area contributed by atoms with Gasteiger partial charge in [-0.25, -0.2) is 9.97 Å². The summed E-state index contributed by atoms with van der Waals surface area (Å²) in [5.41, 5.74) is 0.196. The third-order valence-electron chi connectivity index (χ3n) is 4.97. The molecule has 2 saturated heterocycles. The highest BCUT2D eigenvalue weighted by atomic mass is 32.1. The number of aryl methyl sites for hydroxylation is 1. The Morgan fingerprint density at radius 2 is 2.08 bits per heavy atom. The van der Waals surface area contributed by atoms with Crippen LogP contribution in [0.2, 0.25) is 0 Å². The minimum atomic E-state index is 0.196. The molecule has 128 valence electrons. The van der Waals surface area contributed by atoms with Gasteiger partial charge in [0.1, 0.15) is 0 Å². The lowest BCUT2D eigenvalue weighted by Crippen LogP contribution is -2.40. The molecule has 2 aromatic heterocycles. The van der Waals surface area contributed by atoms with Gasteiger partial charge in [0.2, 0.25) is 5.95 Å². The van der Waals surface area contributed by atoms with Crippen molar-refractivity contribution in [3.63, 3.8) is 0 Å². The first kappa shape index (κ1) is 16.0. The second kappa shape index (κ2) is 6.78. The normalized spacial score (nSPS) is 25.3. The van der Waals surface area contributed by atoms with E-state index in [-0.39, 0.29) is 5.41 Å². The van der Waals surface area contributed by atoms with Crippen molar-refractivity contribution in [2.75, 3.05) is 44.3 Å². The Balaban J connectivity index is 1.46. The third kappa shape index (κ3) is 3.45. The molecule has 2 aromatic rings. The first-order valence-corrected chi connectivity index (χ1v) is 9.42. The topological polar surface area (TPSA) is 41.5 Å². The Morgan fingerprint density at radius 1 is 1.21 bits per heavy atom. The van der Waals surface area contributed by atoms with Crippen molar-refractivity contribution in [3.8, 4) is 0 Å². The second-order valence-electron chi connectivity index (χ2n) is 7.00. The fraction of sp³-hybridized carbons (Fsp3) is 0.556. The molecular formula is C18H24N4OS. The summed E-state index contributed by atoms with van der Waals surface area (Å²) in [7, 11) is 0. The standard InChI is InChI=1S/C18H24N4OS/c1-15-3-4-16(24-15)11-21-9-10-23-14-18(12-21)5-8-22(13-18)17-19-6-2-7-20-17/h2-4,6-7H,5,8-14H2,1H3/t18-/m1/s1. The quantitative estimate of drug-likeness (QED) is 0.856. The van der Waals surface area contributed by atoms with Crippen LogP contribution in [0.3, 0.4) is 0 Å². The minimum absolute atomic E-state index is 0.196. The van der Waals surface area contributed by atoms with E-state index in [2.05, 4.69) is 38.8 Å². The number of ether oxygens (including phenoxy) is 1. The summed E-state index contributed by atoms with van der Waals surface area (Å²) < 4.78 is 5.98. The number of anilines is 1. The van der Waals surface area contributed by atoms with E-state index >= 15 is 0 Å². The van der Waals surface area contributed by atoms with Crippen molar-refractivity contribution in [1.29, 1.82) is 0 Å². The zero-order chi connectivity index (χ0) is 16.4. The molecule has 1 spiro atoms. The van der Waals surface area contributed by atoms with Crippen LogP contribution >= 0.6 is 11.3 Å². The average molecular weight is 344 g/mol. The molecule has 0 N–H and O–H groups in total. The number of nitrogens with zero attached hydrogens (tertiary/aromatic N) is 4. The molecule has 0 radical (unpaired) electrons. The number of thiophene rings is 1. The lowest BCUT2D eigenvalue weighted by atomic mass is 9.87. The largest absolute Gasteiger partial charge is 0.379 e. The van der Waals surface area contributed by atoms with Gasteiger partial charge in [-0.15, -0.1) is 11.3 Å². The summed E-state index contributed by atoms with van der Waals surface area (Å²) in [6, 6.07) is 6.35. The summed E-state index contributed by atoms with van der Waals surface area (Å²) in [5.74, 6) is 0.846. The predicted octanol–water partition coefficient (Wildman–Crippen LogP) is 2.58. The number of rotatable bonds is 3. The molecule has 2 fully saturated rings. The molecule has 5 nitrogen and oxygen atoms in total. The molecule has 0 amide bonds. The number of aromatic nitrogens is 2. The van der Waals surface area contributed by atoms with E-state index < -0.39 is 0 Å². The van der Waals surface area contributed by atoms with Gasteiger partial charge in [-0.2, -0.15) is 0 Å². The molecule has 0 aliphatic carbocycles. The lowest BCUT2D eigenvalue weighted by molar-refractivity contribution is 0.0798. The Kier molecular flexibility index (Phi) is 4.52. The minimum Gasteiger partial charge on any atom is -0.379 e. The van der Waals surface area contributed by atoms with Crippen LogP contribution in [0, 0.1) is 12.3 Å². The van der Waals surface area contributed by atoms with Crippen molar-refractivity contribution in [2.24, 2.45) is 5.41 Å². The Hall–Kier alpha value is -1.50. The van der Waals surface area contributed by atoms with E-state index in [1.165, 1.54) is 9.75 Å². The van der Waals surface area contributed by atoms with Gasteiger partial charge in [0.05, 0.1) is 13.2 Å². The van der Waals surface area contributed by atoms with Gasteiger partial charge in [-0.05, 0) is 31.5 Å². The molecule has 4 heterocycles. The van der Waals surface area contributed by atoms with Gasteiger partial charge in [0.25, 0.3) is 0 Å². The van der Waals surface area contributed by atoms with Crippen LogP contribution < -0.4 is 4.90 Å². The zero-order valence-corrected chi connectivity index (χ0v) is 15.0. The van der Waals surface area contributed by atoms with Gasteiger partial charge in [-0.3, -0.25) is 4.90 Å². The molecule has 0 saturated carbocycles. The molecule has 0 bridgehead atoms. The molecule has 0 unspecified atom stereocenters. The fourth-order valence-corrected chi connectivity index (χ4v) is 4.75. The van der Waals surface area contributed by atoms with Crippen LogP contribution in [0.4, 0.5) is 5.95 Å². The van der Waals surface area contributed by atoms with Crippen molar-refractivity contribution in [2.45, 2.75) is 19.9 Å². The molecule has 1 atom stereocenters. The van der Waals surface area contributed by atoms with E-state index in [0.717, 1.165) is 58.3 Å². The number of hydrogen-bond donors (Lipinski definition) is 0. The Morgan fingerprint density at radius 3 is 2.88 bits per heavy atom. The smallest absolute Gasteiger partial charge is 0.225 e. The van der Waals surface area contributed by atoms with Crippen LogP contribution in [0.1, 0.15) is 16.2 Å². The third-order valence-corrected chi connectivity index (χ3v) is 5.95. The molecule has 24 heavy (non-hydrogen) atoms. The average Bonchev–Trinajstić information content (AvgIpc) is 3.13. The van der Waals surface area contributed by atoms with Crippen molar-refractivity contribution in [3.05, 3.63) is 40.3 Å². The SMILES string of the molecule is Cc1ccc(CN2CCOC[C@]3(CCN(c4ncccn4)C3)C2)s1. The maximum Gasteiger partial charge on any atom is 0.225 e. The maximum atomic E-state index is 5.98. The number of hydrogen-bond acceptors (Lipinski definition) is 6. The van der Waals surface area contributed by atoms with Gasteiger partial charge in [0, 0.05) is 60.3 Å². The van der Waals surface area contributed by atoms with Crippen molar-refractivity contribution >= 4 is 17.3 Å². The van der Waals surface area contributed by atoms with Crippen LogP contribution in [0.25, 0.3) is 0 Å². The van der Waals surface area contributed by atoms with Gasteiger partial charge in [0.15, 0.2) is 0 Å². The lowest BCUT2D eigenvalue weighted by Gasteiger charge is -2.31. The maximum absolute atomic E-state index is 5.98. The van der Waals surface area contributed by atoms with Crippen LogP contribution in [0.5, 0.6) is 0 Å². The summed E-state index contributed by atoms with van der Waals surface area (Å²) in [6.45, 7) is 8.98. The van der Waals surface area contributed by atoms with Gasteiger partial charge in [-0.1, -0.05) is 0 Å². The highest BCUT2D eigenvalue weighted by Crippen LogP contribution is 2.35. The predicted molar refractivity (Wildman–Crippen MR) is 96.4 cm³/mol. The van der Waals surface area contributed by atoms with Crippen molar-refractivity contribution < 1.29 is 4.74 Å². The molecule has 4 rings (SSSR count). The van der Waals surface area contributed by atoms with E-state index in [1.807, 2.05) is 29.8 Å². The second-order valence-corrected chi connectivity index (χ2v) is 8.37. The summed E-state index contributed by atoms with van der Waals surface area (Å²) in [4.78, 5) is 16.5. The van der Waals surface area contributed by atoms with E-state index in [1.54, 1.807) is 0 Å². The molecule has 6 heteroatoms. The zero-order valence-electron chi connectivity index (χ0n) is 14.1. The summed E-state index contributed by atoms with van der Waals surface area (Å²) in [5, 5.41) is 0. The fourth-order valence-electron chi connectivity index (χ4n) is 3.81. The summed E-state index contributed by atoms with van der Waals surface area (Å²) in [6.07, 6.45) is 4.79. The first-order valence-electron chi connectivity index (χ1n) is 8.60. The molecule has 2 aliphatic heterocycles. The highest BCUT2D eigenvalue weighted by molar-refractivity contribution is 7.11. The van der Waals surface area contributed by atoms with Crippen LogP contribution in [-0.2, 0) is 11.3 Å². The highest BCUT2D eigenvalue weighted by Gasteiger charge is 2.41. The van der Waals surface area contributed by atoms with Gasteiger partial charge >= 0.3 is 0 Å². The molecule has 2 aliphatic rings. The molecule has 0 aromatic carbocycles. The van der Waals surface area contributed by atoms with E-state index in [4.69, 9.17) is 4.74 Å². The molecular weight excluding hydrogens is 320 g/mol. The van der Waals surface area contributed by atoms with E-state index in [9.17, 15) is 0 Å². The Bertz CT molecular complexity index is 677. The first-order chi connectivity index (χ1) is 11.7. The van der Waals surface area contributed by atoms with Crippen LogP contribution in [-0.4, -0.2) is 54.3 Å². The van der Waals surface area contributed by atoms with Crippen molar-refractivity contribution in [1.82, 2.24) is 14.9 Å². The van der Waals surface area contributed by atoms with Gasteiger partial charge < -0.3 is 9.64 Å². The van der Waals surface area contributed by atoms with E-state index in [0.29, 0.717) is 0 Å². The van der Waals surface area contributed by atoms with Crippen LogP contribution in [0.15, 0.2) is 30.6 Å². The monoisotopic (exact) mass is 344 g/mol. The summed E-state index contributed by atoms with van der Waals surface area (Å²) >= 11 is 1.90. The Labute approximate surface area is 147 Å².